The highest BCUT2D eigenvalue weighted by Gasteiger charge is 2.33. The van der Waals surface area contributed by atoms with Crippen LogP contribution in [0.2, 0.25) is 0 Å². The van der Waals surface area contributed by atoms with Gasteiger partial charge in [-0.15, -0.1) is 11.6 Å². The first-order valence-electron chi connectivity index (χ1n) is 4.88. The van der Waals surface area contributed by atoms with Crippen LogP contribution >= 0.6 is 23.5 Å². The van der Waals surface area contributed by atoms with Crippen molar-refractivity contribution in [1.82, 2.24) is 4.31 Å². The van der Waals surface area contributed by atoms with Crippen LogP contribution in [0.15, 0.2) is 29.2 Å². The summed E-state index contributed by atoms with van der Waals surface area (Å²) in [5, 5.41) is 0. The first-order chi connectivity index (χ1) is 7.77. The summed E-state index contributed by atoms with van der Waals surface area (Å²) < 4.78 is 1.50. The Kier molecular flexibility index (Phi) is 3.51. The number of carbonyl (C=O) groups is 2. The Morgan fingerprint density at radius 3 is 2.94 bits per heavy atom. The van der Waals surface area contributed by atoms with Gasteiger partial charge in [0.25, 0.3) is 0 Å². The number of hydrogen-bond acceptors (Lipinski definition) is 3. The number of fused-ring (bicyclic) bond motifs is 1. The minimum atomic E-state index is -0.475. The second-order valence-corrected chi connectivity index (χ2v) is 4.76. The summed E-state index contributed by atoms with van der Waals surface area (Å²) in [4.78, 5) is 23.8. The summed E-state index contributed by atoms with van der Waals surface area (Å²) in [5.74, 6) is 0.172. The highest BCUT2D eigenvalue weighted by Crippen LogP contribution is 2.43. The van der Waals surface area contributed by atoms with Crippen molar-refractivity contribution >= 4 is 35.7 Å². The minimum absolute atomic E-state index is 0.103. The lowest BCUT2D eigenvalue weighted by molar-refractivity contribution is -0.129. The zero-order valence-corrected chi connectivity index (χ0v) is 10.0. The van der Waals surface area contributed by atoms with Gasteiger partial charge in [-0.3, -0.25) is 9.10 Å². The van der Waals surface area contributed by atoms with Crippen LogP contribution in [0.4, 0.5) is 0 Å². The predicted octanol–water partition coefficient (Wildman–Crippen LogP) is 2.40. The number of hydrogen-bond donors (Lipinski definition) is 0. The standard InChI is InChI=1S/C11H10ClNO2S/c12-6-5-11(15)13-9(7-14)8-3-1-2-4-10(8)16-13/h1-4,7,9H,5-6H2. The largest absolute Gasteiger partial charge is 0.301 e. The van der Waals surface area contributed by atoms with Crippen LogP contribution in [0.5, 0.6) is 0 Å². The summed E-state index contributed by atoms with van der Waals surface area (Å²) in [6, 6.07) is 7.06. The molecule has 3 nitrogen and oxygen atoms in total. The van der Waals surface area contributed by atoms with Crippen molar-refractivity contribution < 1.29 is 9.59 Å². The van der Waals surface area contributed by atoms with Gasteiger partial charge in [-0.2, -0.15) is 0 Å². The average Bonchev–Trinajstić information content (AvgIpc) is 2.67. The van der Waals surface area contributed by atoms with Gasteiger partial charge in [0, 0.05) is 17.2 Å². The van der Waals surface area contributed by atoms with Crippen LogP contribution in [0, 0.1) is 0 Å². The lowest BCUT2D eigenvalue weighted by Crippen LogP contribution is -2.26. The van der Waals surface area contributed by atoms with Crippen LogP contribution in [0.1, 0.15) is 18.0 Å². The molecule has 0 fully saturated rings. The van der Waals surface area contributed by atoms with E-state index in [1.807, 2.05) is 24.3 Å². The van der Waals surface area contributed by atoms with Crippen molar-refractivity contribution in [2.45, 2.75) is 17.4 Å². The van der Waals surface area contributed by atoms with Crippen LogP contribution < -0.4 is 0 Å². The zero-order chi connectivity index (χ0) is 11.5. The molecule has 0 spiro atoms. The van der Waals surface area contributed by atoms with Gasteiger partial charge in [-0.1, -0.05) is 18.2 Å². The van der Waals surface area contributed by atoms with E-state index in [1.165, 1.54) is 16.3 Å². The molecular weight excluding hydrogens is 246 g/mol. The van der Waals surface area contributed by atoms with Gasteiger partial charge >= 0.3 is 0 Å². The highest BCUT2D eigenvalue weighted by molar-refractivity contribution is 7.97. The fourth-order valence-corrected chi connectivity index (χ4v) is 2.90. The molecule has 1 amide bonds. The van der Waals surface area contributed by atoms with E-state index >= 15 is 0 Å². The number of amides is 1. The molecule has 0 saturated carbocycles. The molecule has 16 heavy (non-hydrogen) atoms. The predicted molar refractivity (Wildman–Crippen MR) is 63.3 cm³/mol. The quantitative estimate of drug-likeness (QED) is 0.473. The number of carbonyl (C=O) groups excluding carboxylic acids is 2. The first kappa shape index (κ1) is 11.5. The molecule has 1 atom stereocenters. The molecule has 1 aliphatic rings. The smallest absolute Gasteiger partial charge is 0.234 e. The fraction of sp³-hybridized carbons (Fsp3) is 0.273. The van der Waals surface area contributed by atoms with E-state index in [2.05, 4.69) is 0 Å². The van der Waals surface area contributed by atoms with E-state index in [0.29, 0.717) is 0 Å². The summed E-state index contributed by atoms with van der Waals surface area (Å²) in [6.45, 7) is 0. The Morgan fingerprint density at radius 2 is 2.25 bits per heavy atom. The van der Waals surface area contributed by atoms with E-state index < -0.39 is 6.04 Å². The molecule has 5 heteroatoms. The molecule has 1 unspecified atom stereocenters. The molecular formula is C11H10ClNO2S. The van der Waals surface area contributed by atoms with Gasteiger partial charge in [-0.25, -0.2) is 0 Å². The topological polar surface area (TPSA) is 37.4 Å². The molecule has 1 heterocycles. The van der Waals surface area contributed by atoms with Gasteiger partial charge in [-0.05, 0) is 23.6 Å². The molecule has 1 aromatic carbocycles. The molecule has 84 valence electrons. The number of nitrogens with zero attached hydrogens (tertiary/aromatic N) is 1. The maximum absolute atomic E-state index is 11.7. The summed E-state index contributed by atoms with van der Waals surface area (Å²) in [7, 11) is 0. The highest BCUT2D eigenvalue weighted by atomic mass is 35.5. The van der Waals surface area contributed by atoms with Crippen molar-refractivity contribution in [2.24, 2.45) is 0 Å². The number of rotatable bonds is 3. The summed E-state index contributed by atoms with van der Waals surface area (Å²) in [6.07, 6.45) is 1.05. The third kappa shape index (κ3) is 1.95. The van der Waals surface area contributed by atoms with Crippen LogP contribution in [0.3, 0.4) is 0 Å². The maximum Gasteiger partial charge on any atom is 0.234 e. The van der Waals surface area contributed by atoms with Crippen molar-refractivity contribution in [2.75, 3.05) is 5.88 Å². The Bertz CT molecular complexity index is 424. The van der Waals surface area contributed by atoms with Gasteiger partial charge in [0.05, 0.1) is 0 Å². The van der Waals surface area contributed by atoms with Crippen molar-refractivity contribution in [3.05, 3.63) is 29.8 Å². The lowest BCUT2D eigenvalue weighted by atomic mass is 10.1. The molecule has 0 bridgehead atoms. The van der Waals surface area contributed by atoms with Crippen LogP contribution in [-0.4, -0.2) is 22.4 Å². The summed E-state index contributed by atoms with van der Waals surface area (Å²) in [5.41, 5.74) is 0.894. The van der Waals surface area contributed by atoms with Crippen molar-refractivity contribution in [3.8, 4) is 0 Å². The van der Waals surface area contributed by atoms with E-state index in [1.54, 1.807) is 0 Å². The van der Waals surface area contributed by atoms with E-state index in [4.69, 9.17) is 11.6 Å². The molecule has 1 aromatic rings. The fourth-order valence-electron chi connectivity index (χ4n) is 1.62. The number of alkyl halides is 1. The van der Waals surface area contributed by atoms with E-state index in [9.17, 15) is 9.59 Å². The molecule has 0 aliphatic carbocycles. The second kappa shape index (κ2) is 4.89. The Balaban J connectivity index is 2.27. The van der Waals surface area contributed by atoms with Gasteiger partial charge < -0.3 is 4.79 Å². The van der Waals surface area contributed by atoms with Gasteiger partial charge in [0.1, 0.15) is 12.3 Å². The second-order valence-electron chi connectivity index (χ2n) is 3.37. The van der Waals surface area contributed by atoms with Gasteiger partial charge in [0.15, 0.2) is 0 Å². The number of benzene rings is 1. The summed E-state index contributed by atoms with van der Waals surface area (Å²) >= 11 is 6.84. The van der Waals surface area contributed by atoms with E-state index in [-0.39, 0.29) is 18.2 Å². The molecule has 0 radical (unpaired) electrons. The zero-order valence-electron chi connectivity index (χ0n) is 8.43. The Morgan fingerprint density at radius 1 is 1.50 bits per heavy atom. The molecule has 2 rings (SSSR count). The lowest BCUT2D eigenvalue weighted by Gasteiger charge is -2.18. The SMILES string of the molecule is O=CC1c2ccccc2SN1C(=O)CCCl. The Labute approximate surface area is 103 Å². The number of halogens is 1. The third-order valence-corrected chi connectivity index (χ3v) is 3.75. The van der Waals surface area contributed by atoms with Gasteiger partial charge in [0.2, 0.25) is 5.91 Å². The van der Waals surface area contributed by atoms with Crippen molar-refractivity contribution in [3.63, 3.8) is 0 Å². The average molecular weight is 256 g/mol. The number of aldehydes is 1. The molecule has 1 aliphatic heterocycles. The van der Waals surface area contributed by atoms with Crippen molar-refractivity contribution in [1.29, 1.82) is 0 Å². The normalized spacial score (nSPS) is 18.3. The van der Waals surface area contributed by atoms with E-state index in [0.717, 1.165) is 16.7 Å². The molecule has 0 N–H and O–H groups in total. The van der Waals surface area contributed by atoms with Crippen LogP contribution in [-0.2, 0) is 9.59 Å². The van der Waals surface area contributed by atoms with Crippen LogP contribution in [0.25, 0.3) is 0 Å². The minimum Gasteiger partial charge on any atom is -0.301 e. The monoisotopic (exact) mass is 255 g/mol. The third-order valence-electron chi connectivity index (χ3n) is 2.37. The Hall–Kier alpha value is -1.00. The molecule has 0 aromatic heterocycles. The maximum atomic E-state index is 11.7. The first-order valence-corrected chi connectivity index (χ1v) is 6.19. The molecule has 0 saturated heterocycles.